The summed E-state index contributed by atoms with van der Waals surface area (Å²) in [6.07, 6.45) is 3.59. The quantitative estimate of drug-likeness (QED) is 0.585. The van der Waals surface area contributed by atoms with Gasteiger partial charge in [-0.1, -0.05) is 12.6 Å². The third-order valence-corrected chi connectivity index (χ3v) is 3.02. The van der Waals surface area contributed by atoms with Crippen LogP contribution in [0.1, 0.15) is 22.5 Å². The summed E-state index contributed by atoms with van der Waals surface area (Å²) in [5.41, 5.74) is 1.21. The molecule has 0 spiro atoms. The van der Waals surface area contributed by atoms with Crippen LogP contribution < -0.4 is 0 Å². The SMILES string of the molecule is C=CN1CCC(C(=O)c2ncccc2C)C1=O. The maximum absolute atomic E-state index is 12.2. The fraction of sp³-hybridized carbons (Fsp3) is 0.308. The molecule has 0 aromatic carbocycles. The molecule has 0 radical (unpaired) electrons. The van der Waals surface area contributed by atoms with Crippen LogP contribution in [0.4, 0.5) is 0 Å². The van der Waals surface area contributed by atoms with Crippen molar-refractivity contribution in [2.45, 2.75) is 13.3 Å². The second kappa shape index (κ2) is 4.49. The first-order valence-corrected chi connectivity index (χ1v) is 5.54. The number of ketones is 1. The highest BCUT2D eigenvalue weighted by Crippen LogP contribution is 2.22. The molecule has 1 fully saturated rings. The summed E-state index contributed by atoms with van der Waals surface area (Å²) in [6, 6.07) is 3.60. The summed E-state index contributed by atoms with van der Waals surface area (Å²) in [7, 11) is 0. The number of rotatable bonds is 3. The number of hydrogen-bond acceptors (Lipinski definition) is 3. The van der Waals surface area contributed by atoms with Crippen molar-refractivity contribution in [2.24, 2.45) is 5.92 Å². The van der Waals surface area contributed by atoms with E-state index in [4.69, 9.17) is 0 Å². The van der Waals surface area contributed by atoms with Gasteiger partial charge in [-0.15, -0.1) is 0 Å². The van der Waals surface area contributed by atoms with E-state index in [0.717, 1.165) is 5.56 Å². The number of carbonyl (C=O) groups is 2. The summed E-state index contributed by atoms with van der Waals surface area (Å²) in [5.74, 6) is -0.950. The molecular formula is C13H14N2O2. The van der Waals surface area contributed by atoms with Gasteiger partial charge in [0, 0.05) is 12.7 Å². The van der Waals surface area contributed by atoms with E-state index >= 15 is 0 Å². The van der Waals surface area contributed by atoms with E-state index in [1.165, 1.54) is 11.1 Å². The molecule has 1 aliphatic heterocycles. The van der Waals surface area contributed by atoms with Crippen molar-refractivity contribution in [2.75, 3.05) is 6.54 Å². The Labute approximate surface area is 100.0 Å². The lowest BCUT2D eigenvalue weighted by Crippen LogP contribution is -2.27. The van der Waals surface area contributed by atoms with Crippen LogP contribution in [0.5, 0.6) is 0 Å². The zero-order valence-electron chi connectivity index (χ0n) is 9.72. The van der Waals surface area contributed by atoms with Crippen LogP contribution in [0.25, 0.3) is 0 Å². The third-order valence-electron chi connectivity index (χ3n) is 3.02. The first kappa shape index (κ1) is 11.5. The highest BCUT2D eigenvalue weighted by Gasteiger charge is 2.37. The van der Waals surface area contributed by atoms with Gasteiger partial charge in [-0.05, 0) is 31.2 Å². The summed E-state index contributed by atoms with van der Waals surface area (Å²) in [4.78, 5) is 29.6. The Balaban J connectivity index is 2.25. The molecule has 1 aromatic rings. The van der Waals surface area contributed by atoms with Gasteiger partial charge in [-0.25, -0.2) is 0 Å². The molecule has 1 unspecified atom stereocenters. The van der Waals surface area contributed by atoms with Crippen LogP contribution in [0.2, 0.25) is 0 Å². The average molecular weight is 230 g/mol. The maximum Gasteiger partial charge on any atom is 0.237 e. The van der Waals surface area contributed by atoms with Gasteiger partial charge < -0.3 is 4.90 Å². The molecule has 0 aliphatic carbocycles. The molecule has 17 heavy (non-hydrogen) atoms. The van der Waals surface area contributed by atoms with Gasteiger partial charge in [0.05, 0.1) is 0 Å². The van der Waals surface area contributed by atoms with E-state index in [-0.39, 0.29) is 11.7 Å². The second-order valence-corrected chi connectivity index (χ2v) is 4.09. The summed E-state index contributed by atoms with van der Waals surface area (Å²) in [6.45, 7) is 5.94. The van der Waals surface area contributed by atoms with E-state index in [1.807, 2.05) is 13.0 Å². The first-order valence-electron chi connectivity index (χ1n) is 5.54. The van der Waals surface area contributed by atoms with E-state index in [2.05, 4.69) is 11.6 Å². The van der Waals surface area contributed by atoms with Crippen LogP contribution in [0.3, 0.4) is 0 Å². The topological polar surface area (TPSA) is 50.3 Å². The summed E-state index contributed by atoms with van der Waals surface area (Å²) in [5, 5.41) is 0. The van der Waals surface area contributed by atoms with Gasteiger partial charge in [-0.3, -0.25) is 14.6 Å². The molecule has 88 valence electrons. The van der Waals surface area contributed by atoms with Crippen molar-refractivity contribution >= 4 is 11.7 Å². The summed E-state index contributed by atoms with van der Waals surface area (Å²) < 4.78 is 0. The van der Waals surface area contributed by atoms with Crippen molar-refractivity contribution in [3.8, 4) is 0 Å². The normalized spacial score (nSPS) is 19.5. The molecule has 0 N–H and O–H groups in total. The Morgan fingerprint density at radius 3 is 3.00 bits per heavy atom. The standard InChI is InChI=1S/C13H14N2O2/c1-3-15-8-6-10(13(15)17)12(16)11-9(2)5-4-7-14-11/h3-5,7,10H,1,6,8H2,2H3. The number of aryl methyl sites for hydroxylation is 1. The molecule has 4 heteroatoms. The number of hydrogen-bond donors (Lipinski definition) is 0. The van der Waals surface area contributed by atoms with Crippen LogP contribution in [0.15, 0.2) is 31.1 Å². The van der Waals surface area contributed by atoms with Gasteiger partial charge in [-0.2, -0.15) is 0 Å². The first-order chi connectivity index (χ1) is 8.15. The zero-order valence-corrected chi connectivity index (χ0v) is 9.72. The van der Waals surface area contributed by atoms with Gasteiger partial charge in [0.2, 0.25) is 5.91 Å². The van der Waals surface area contributed by atoms with Gasteiger partial charge in [0.15, 0.2) is 5.78 Å². The van der Waals surface area contributed by atoms with Crippen LogP contribution in [0, 0.1) is 12.8 Å². The maximum atomic E-state index is 12.2. The average Bonchev–Trinajstić information content (AvgIpc) is 2.70. The Hall–Kier alpha value is -1.97. The zero-order chi connectivity index (χ0) is 12.4. The molecule has 2 heterocycles. The minimum absolute atomic E-state index is 0.171. The number of nitrogens with zero attached hydrogens (tertiary/aromatic N) is 2. The predicted molar refractivity (Wildman–Crippen MR) is 63.3 cm³/mol. The Morgan fingerprint density at radius 2 is 2.41 bits per heavy atom. The van der Waals surface area contributed by atoms with E-state index in [0.29, 0.717) is 18.7 Å². The second-order valence-electron chi connectivity index (χ2n) is 4.09. The number of aromatic nitrogens is 1. The largest absolute Gasteiger partial charge is 0.319 e. The Bertz CT molecular complexity index is 482. The molecule has 1 aliphatic rings. The number of amides is 1. The lowest BCUT2D eigenvalue weighted by Gasteiger charge is -2.10. The van der Waals surface area contributed by atoms with Crippen molar-refractivity contribution in [1.82, 2.24) is 9.88 Å². The van der Waals surface area contributed by atoms with Crippen molar-refractivity contribution in [3.05, 3.63) is 42.4 Å². The van der Waals surface area contributed by atoms with Crippen molar-refractivity contribution in [3.63, 3.8) is 0 Å². The fourth-order valence-electron chi connectivity index (χ4n) is 2.04. The van der Waals surface area contributed by atoms with E-state index in [9.17, 15) is 9.59 Å². The monoisotopic (exact) mass is 230 g/mol. The minimum Gasteiger partial charge on any atom is -0.319 e. The van der Waals surface area contributed by atoms with Crippen molar-refractivity contribution in [1.29, 1.82) is 0 Å². The molecule has 1 atom stereocenters. The molecule has 2 rings (SSSR count). The highest BCUT2D eigenvalue weighted by atomic mass is 16.2. The lowest BCUT2D eigenvalue weighted by molar-refractivity contribution is -0.127. The van der Waals surface area contributed by atoms with E-state index in [1.54, 1.807) is 12.3 Å². The van der Waals surface area contributed by atoms with Crippen LogP contribution >= 0.6 is 0 Å². The van der Waals surface area contributed by atoms with Gasteiger partial charge >= 0.3 is 0 Å². The third kappa shape index (κ3) is 1.98. The molecule has 1 amide bonds. The van der Waals surface area contributed by atoms with Gasteiger partial charge in [0.1, 0.15) is 11.6 Å². The van der Waals surface area contributed by atoms with Crippen LogP contribution in [-0.2, 0) is 4.79 Å². The predicted octanol–water partition coefficient (Wildman–Crippen LogP) is 1.56. The summed E-state index contributed by atoms with van der Waals surface area (Å²) >= 11 is 0. The highest BCUT2D eigenvalue weighted by molar-refractivity contribution is 6.10. The number of Topliss-reactive ketones (excluding diaryl/α,β-unsaturated/α-hetero) is 1. The lowest BCUT2D eigenvalue weighted by atomic mass is 9.97. The molecule has 4 nitrogen and oxygen atoms in total. The van der Waals surface area contributed by atoms with Gasteiger partial charge in [0.25, 0.3) is 0 Å². The molecule has 0 bridgehead atoms. The molecular weight excluding hydrogens is 216 g/mol. The number of pyridine rings is 1. The van der Waals surface area contributed by atoms with Crippen LogP contribution in [-0.4, -0.2) is 28.1 Å². The number of carbonyl (C=O) groups excluding carboxylic acids is 2. The van der Waals surface area contributed by atoms with Crippen molar-refractivity contribution < 1.29 is 9.59 Å². The fourth-order valence-corrected chi connectivity index (χ4v) is 2.04. The van der Waals surface area contributed by atoms with E-state index < -0.39 is 5.92 Å². The molecule has 1 saturated heterocycles. The smallest absolute Gasteiger partial charge is 0.237 e. The molecule has 1 aromatic heterocycles. The minimum atomic E-state index is -0.596. The Morgan fingerprint density at radius 1 is 1.65 bits per heavy atom. The Kier molecular flexibility index (Phi) is 3.04. The molecule has 0 saturated carbocycles. The number of likely N-dealkylation sites (tertiary alicyclic amines) is 1.